The van der Waals surface area contributed by atoms with Crippen LogP contribution in [0, 0.1) is 18.8 Å². The van der Waals surface area contributed by atoms with Crippen molar-refractivity contribution in [3.63, 3.8) is 0 Å². The van der Waals surface area contributed by atoms with E-state index in [9.17, 15) is 5.11 Å². The lowest BCUT2D eigenvalue weighted by molar-refractivity contribution is 0.0152. The molecule has 1 aliphatic rings. The van der Waals surface area contributed by atoms with Crippen molar-refractivity contribution in [1.82, 2.24) is 4.90 Å². The fraction of sp³-hybridized carbons (Fsp3) is 0.400. The average Bonchev–Trinajstić information content (AvgIpc) is 2.92. The van der Waals surface area contributed by atoms with Crippen molar-refractivity contribution < 1.29 is 9.84 Å². The monoisotopic (exact) mass is 341 g/mol. The van der Waals surface area contributed by atoms with Gasteiger partial charge in [-0.1, -0.05) is 29.5 Å². The molecule has 2 aromatic rings. The van der Waals surface area contributed by atoms with Gasteiger partial charge in [0, 0.05) is 24.5 Å². The molecule has 0 aliphatic carbocycles. The number of benzene rings is 1. The third-order valence-electron chi connectivity index (χ3n) is 3.78. The summed E-state index contributed by atoms with van der Waals surface area (Å²) in [6.07, 6.45) is 0.280. The minimum absolute atomic E-state index is 0.280. The first-order chi connectivity index (χ1) is 11.4. The van der Waals surface area contributed by atoms with Crippen LogP contribution >= 0.6 is 11.3 Å². The molecule has 2 heterocycles. The van der Waals surface area contributed by atoms with Crippen molar-refractivity contribution in [1.29, 1.82) is 0 Å². The Labute approximate surface area is 147 Å². The lowest BCUT2D eigenvalue weighted by atomic mass is 10.1. The summed E-state index contributed by atoms with van der Waals surface area (Å²) in [6.45, 7) is 8.32. The van der Waals surface area contributed by atoms with Gasteiger partial charge in [0.25, 0.3) is 0 Å². The van der Waals surface area contributed by atoms with E-state index in [2.05, 4.69) is 41.9 Å². The minimum atomic E-state index is -0.942. The van der Waals surface area contributed by atoms with Crippen molar-refractivity contribution >= 4 is 11.3 Å². The van der Waals surface area contributed by atoms with Gasteiger partial charge in [-0.3, -0.25) is 4.90 Å². The topological polar surface area (TPSA) is 32.7 Å². The zero-order chi connectivity index (χ0) is 17.2. The SMILES string of the molecule is Cc1ccc(OC2CN(Cc3ccc(C#CC(C)(C)O)s3)C2)cc1. The van der Waals surface area contributed by atoms with Gasteiger partial charge in [0.1, 0.15) is 17.5 Å². The quantitative estimate of drug-likeness (QED) is 0.865. The highest BCUT2D eigenvalue weighted by molar-refractivity contribution is 7.12. The summed E-state index contributed by atoms with van der Waals surface area (Å²) in [4.78, 5) is 4.67. The second kappa shape index (κ2) is 6.98. The number of ether oxygens (including phenoxy) is 1. The summed E-state index contributed by atoms with van der Waals surface area (Å²) >= 11 is 1.69. The molecule has 1 fully saturated rings. The largest absolute Gasteiger partial charge is 0.488 e. The molecule has 0 amide bonds. The summed E-state index contributed by atoms with van der Waals surface area (Å²) in [5.41, 5.74) is 0.307. The zero-order valence-electron chi connectivity index (χ0n) is 14.4. The van der Waals surface area contributed by atoms with Gasteiger partial charge in [-0.2, -0.15) is 0 Å². The first kappa shape index (κ1) is 17.0. The molecule has 24 heavy (non-hydrogen) atoms. The van der Waals surface area contributed by atoms with E-state index in [4.69, 9.17) is 4.74 Å². The third kappa shape index (κ3) is 4.85. The molecular formula is C20H23NO2S. The summed E-state index contributed by atoms with van der Waals surface area (Å²) in [5, 5.41) is 9.65. The number of thiophene rings is 1. The van der Waals surface area contributed by atoms with Gasteiger partial charge in [-0.15, -0.1) is 11.3 Å². The predicted molar refractivity (Wildman–Crippen MR) is 98.4 cm³/mol. The summed E-state index contributed by atoms with van der Waals surface area (Å²) in [7, 11) is 0. The van der Waals surface area contributed by atoms with Crippen LogP contribution in [0.4, 0.5) is 0 Å². The van der Waals surface area contributed by atoms with Gasteiger partial charge < -0.3 is 9.84 Å². The van der Waals surface area contributed by atoms with E-state index in [-0.39, 0.29) is 6.10 Å². The summed E-state index contributed by atoms with van der Waals surface area (Å²) in [5.74, 6) is 6.84. The van der Waals surface area contributed by atoms with E-state index in [0.717, 1.165) is 30.3 Å². The Kier molecular flexibility index (Phi) is 4.96. The van der Waals surface area contributed by atoms with Gasteiger partial charge in [0.05, 0.1) is 4.88 Å². The normalized spacial score (nSPS) is 15.5. The molecule has 1 aliphatic heterocycles. The van der Waals surface area contributed by atoms with Crippen molar-refractivity contribution in [2.24, 2.45) is 0 Å². The highest BCUT2D eigenvalue weighted by Gasteiger charge is 2.28. The molecule has 0 saturated carbocycles. The number of likely N-dealkylation sites (tertiary alicyclic amines) is 1. The number of nitrogens with zero attached hydrogens (tertiary/aromatic N) is 1. The number of aliphatic hydroxyl groups is 1. The van der Waals surface area contributed by atoms with Gasteiger partial charge in [-0.25, -0.2) is 0 Å². The van der Waals surface area contributed by atoms with Crippen molar-refractivity contribution in [2.45, 2.75) is 39.0 Å². The Hall–Kier alpha value is -1.80. The molecule has 0 atom stereocenters. The maximum Gasteiger partial charge on any atom is 0.124 e. The maximum atomic E-state index is 9.65. The van der Waals surface area contributed by atoms with E-state index in [1.807, 2.05) is 18.2 Å². The summed E-state index contributed by atoms with van der Waals surface area (Å²) < 4.78 is 5.97. The molecular weight excluding hydrogens is 318 g/mol. The van der Waals surface area contributed by atoms with E-state index in [1.54, 1.807) is 25.2 Å². The van der Waals surface area contributed by atoms with Gasteiger partial charge in [0.15, 0.2) is 0 Å². The van der Waals surface area contributed by atoms with Crippen LogP contribution in [-0.2, 0) is 6.54 Å². The van der Waals surface area contributed by atoms with E-state index in [1.165, 1.54) is 10.4 Å². The smallest absolute Gasteiger partial charge is 0.124 e. The second-order valence-electron chi connectivity index (χ2n) is 6.82. The first-order valence-corrected chi connectivity index (χ1v) is 8.99. The Morgan fingerprint density at radius 1 is 1.21 bits per heavy atom. The highest BCUT2D eigenvalue weighted by atomic mass is 32.1. The van der Waals surface area contributed by atoms with Gasteiger partial charge >= 0.3 is 0 Å². The van der Waals surface area contributed by atoms with Crippen LogP contribution in [0.1, 0.15) is 29.2 Å². The van der Waals surface area contributed by atoms with Crippen LogP contribution in [0.3, 0.4) is 0 Å². The lowest BCUT2D eigenvalue weighted by Crippen LogP contribution is -2.52. The number of aryl methyl sites for hydroxylation is 1. The van der Waals surface area contributed by atoms with Gasteiger partial charge in [0.2, 0.25) is 0 Å². The van der Waals surface area contributed by atoms with E-state index in [0.29, 0.717) is 0 Å². The molecule has 1 N–H and O–H groups in total. The maximum absolute atomic E-state index is 9.65. The zero-order valence-corrected chi connectivity index (χ0v) is 15.2. The number of hydrogen-bond donors (Lipinski definition) is 1. The van der Waals surface area contributed by atoms with E-state index >= 15 is 0 Å². The van der Waals surface area contributed by atoms with Crippen LogP contribution in [0.5, 0.6) is 5.75 Å². The first-order valence-electron chi connectivity index (χ1n) is 8.17. The van der Waals surface area contributed by atoms with E-state index < -0.39 is 5.60 Å². The molecule has 126 valence electrons. The highest BCUT2D eigenvalue weighted by Crippen LogP contribution is 2.23. The standard InChI is InChI=1S/C20H23NO2S/c1-15-4-6-16(7-5-15)23-17-12-21(13-17)14-19-9-8-18(24-19)10-11-20(2,3)22/h4-9,17,22H,12-14H2,1-3H3. The van der Waals surface area contributed by atoms with Crippen molar-refractivity contribution in [2.75, 3.05) is 13.1 Å². The number of hydrogen-bond acceptors (Lipinski definition) is 4. The Morgan fingerprint density at radius 2 is 1.92 bits per heavy atom. The molecule has 3 nitrogen and oxygen atoms in total. The van der Waals surface area contributed by atoms with Crippen LogP contribution in [0.2, 0.25) is 0 Å². The third-order valence-corrected chi connectivity index (χ3v) is 4.77. The Balaban J connectivity index is 1.46. The fourth-order valence-corrected chi connectivity index (χ4v) is 3.40. The van der Waals surface area contributed by atoms with Crippen LogP contribution in [-0.4, -0.2) is 34.8 Å². The van der Waals surface area contributed by atoms with Crippen LogP contribution in [0.25, 0.3) is 0 Å². The second-order valence-corrected chi connectivity index (χ2v) is 7.99. The molecule has 0 spiro atoms. The molecule has 1 aromatic carbocycles. The van der Waals surface area contributed by atoms with Crippen LogP contribution in [0.15, 0.2) is 36.4 Å². The van der Waals surface area contributed by atoms with Crippen molar-refractivity contribution in [3.8, 4) is 17.6 Å². The molecule has 1 saturated heterocycles. The molecule has 0 radical (unpaired) electrons. The van der Waals surface area contributed by atoms with Gasteiger partial charge in [-0.05, 0) is 45.0 Å². The predicted octanol–water partition coefficient (Wildman–Crippen LogP) is 3.44. The average molecular weight is 341 g/mol. The Morgan fingerprint density at radius 3 is 2.58 bits per heavy atom. The lowest BCUT2D eigenvalue weighted by Gasteiger charge is -2.38. The van der Waals surface area contributed by atoms with Crippen molar-refractivity contribution in [3.05, 3.63) is 51.7 Å². The van der Waals surface area contributed by atoms with Crippen LogP contribution < -0.4 is 4.74 Å². The molecule has 4 heteroatoms. The molecule has 1 aromatic heterocycles. The molecule has 3 rings (SSSR count). The Bertz CT molecular complexity index is 740. The number of rotatable bonds is 4. The molecule has 0 bridgehead atoms. The molecule has 0 unspecified atom stereocenters. The minimum Gasteiger partial charge on any atom is -0.488 e. The summed E-state index contributed by atoms with van der Waals surface area (Å²) in [6, 6.07) is 12.4. The fourth-order valence-electron chi connectivity index (χ4n) is 2.50.